The standard InChI is InChI=1S/C26H31N3O5/c1-17(24(30)28-23(25(31)32)13-15-29(2)3)12-14-27-26(33)34-16-22-20-10-6-4-8-18(20)19-9-5-7-11-21(19)22/h4-12,22-23H,13-16H2,1-3H3,(H,27,33)(H,28,30)(H,31,32)/b17-12+. The van der Waals surface area contributed by atoms with Crippen LogP contribution in [0.25, 0.3) is 11.1 Å². The van der Waals surface area contributed by atoms with Crippen LogP contribution < -0.4 is 10.6 Å². The number of rotatable bonds is 10. The zero-order chi connectivity index (χ0) is 24.7. The second-order valence-corrected chi connectivity index (χ2v) is 8.55. The Morgan fingerprint density at radius 2 is 1.65 bits per heavy atom. The fraction of sp³-hybridized carbons (Fsp3) is 0.346. The lowest BCUT2D eigenvalue weighted by Crippen LogP contribution is -2.42. The number of nitrogens with one attached hydrogen (secondary N) is 2. The maximum absolute atomic E-state index is 12.3. The lowest BCUT2D eigenvalue weighted by molar-refractivity contribution is -0.141. The molecule has 34 heavy (non-hydrogen) atoms. The van der Waals surface area contributed by atoms with Gasteiger partial charge in [0.1, 0.15) is 12.6 Å². The summed E-state index contributed by atoms with van der Waals surface area (Å²) in [4.78, 5) is 37.8. The first-order valence-corrected chi connectivity index (χ1v) is 11.2. The highest BCUT2D eigenvalue weighted by atomic mass is 16.5. The van der Waals surface area contributed by atoms with Crippen molar-refractivity contribution in [1.82, 2.24) is 15.5 Å². The second kappa shape index (κ2) is 11.5. The molecule has 0 spiro atoms. The number of carbonyl (C=O) groups is 3. The molecule has 1 unspecified atom stereocenters. The first-order valence-electron chi connectivity index (χ1n) is 11.2. The molecule has 0 fully saturated rings. The Bertz CT molecular complexity index is 1030. The Balaban J connectivity index is 1.50. The molecule has 2 aromatic rings. The van der Waals surface area contributed by atoms with Crippen LogP contribution in [0.15, 0.2) is 60.2 Å². The van der Waals surface area contributed by atoms with E-state index >= 15 is 0 Å². The Labute approximate surface area is 199 Å². The molecule has 180 valence electrons. The zero-order valence-corrected chi connectivity index (χ0v) is 19.7. The molecule has 1 atom stereocenters. The van der Waals surface area contributed by atoms with E-state index in [1.807, 2.05) is 43.3 Å². The largest absolute Gasteiger partial charge is 0.480 e. The highest BCUT2D eigenvalue weighted by Crippen LogP contribution is 2.44. The fourth-order valence-electron chi connectivity index (χ4n) is 3.95. The van der Waals surface area contributed by atoms with Crippen molar-refractivity contribution in [2.75, 3.05) is 33.8 Å². The van der Waals surface area contributed by atoms with E-state index in [-0.39, 0.29) is 19.1 Å². The van der Waals surface area contributed by atoms with Crippen LogP contribution in [-0.2, 0) is 14.3 Å². The summed E-state index contributed by atoms with van der Waals surface area (Å²) in [5, 5.41) is 14.4. The van der Waals surface area contributed by atoms with Gasteiger partial charge in [0.2, 0.25) is 5.91 Å². The van der Waals surface area contributed by atoms with Gasteiger partial charge in [0.25, 0.3) is 0 Å². The van der Waals surface area contributed by atoms with Gasteiger partial charge in [-0.2, -0.15) is 0 Å². The van der Waals surface area contributed by atoms with E-state index in [0.29, 0.717) is 18.5 Å². The van der Waals surface area contributed by atoms with Crippen LogP contribution >= 0.6 is 0 Å². The van der Waals surface area contributed by atoms with Gasteiger partial charge >= 0.3 is 12.1 Å². The lowest BCUT2D eigenvalue weighted by atomic mass is 9.98. The smallest absolute Gasteiger partial charge is 0.407 e. The van der Waals surface area contributed by atoms with Gasteiger partial charge in [0, 0.05) is 24.6 Å². The lowest BCUT2D eigenvalue weighted by Gasteiger charge is -2.17. The van der Waals surface area contributed by atoms with Gasteiger partial charge in [-0.05, 0) is 49.7 Å². The van der Waals surface area contributed by atoms with Gasteiger partial charge in [-0.25, -0.2) is 9.59 Å². The number of carboxylic acid groups (broad SMARTS) is 1. The maximum Gasteiger partial charge on any atom is 0.407 e. The number of nitrogens with zero attached hydrogens (tertiary/aromatic N) is 1. The van der Waals surface area contributed by atoms with Crippen molar-refractivity contribution in [2.24, 2.45) is 0 Å². The van der Waals surface area contributed by atoms with E-state index in [4.69, 9.17) is 4.74 Å². The monoisotopic (exact) mass is 465 g/mol. The number of ether oxygens (including phenoxy) is 1. The molecule has 3 rings (SSSR count). The van der Waals surface area contributed by atoms with Crippen molar-refractivity contribution in [3.8, 4) is 11.1 Å². The topological polar surface area (TPSA) is 108 Å². The number of hydrogen-bond donors (Lipinski definition) is 3. The molecule has 1 aliphatic rings. The predicted octanol–water partition coefficient (Wildman–Crippen LogP) is 2.99. The summed E-state index contributed by atoms with van der Waals surface area (Å²) >= 11 is 0. The fourth-order valence-corrected chi connectivity index (χ4v) is 3.95. The molecule has 0 saturated heterocycles. The number of amides is 2. The molecule has 8 nitrogen and oxygen atoms in total. The van der Waals surface area contributed by atoms with Gasteiger partial charge in [0.15, 0.2) is 0 Å². The molecule has 1 aliphatic carbocycles. The van der Waals surface area contributed by atoms with Crippen LogP contribution in [0.3, 0.4) is 0 Å². The first-order chi connectivity index (χ1) is 16.3. The molecule has 0 saturated carbocycles. The molecule has 0 heterocycles. The number of alkyl carbamates (subject to hydrolysis) is 1. The van der Waals surface area contributed by atoms with Crippen LogP contribution in [0.2, 0.25) is 0 Å². The third-order valence-corrected chi connectivity index (χ3v) is 5.82. The number of carboxylic acids is 1. The van der Waals surface area contributed by atoms with Crippen molar-refractivity contribution in [3.63, 3.8) is 0 Å². The molecule has 2 amide bonds. The summed E-state index contributed by atoms with van der Waals surface area (Å²) in [7, 11) is 3.67. The van der Waals surface area contributed by atoms with Crippen molar-refractivity contribution in [3.05, 3.63) is 71.3 Å². The van der Waals surface area contributed by atoms with E-state index in [1.165, 1.54) is 6.08 Å². The molecule has 8 heteroatoms. The number of aliphatic carboxylic acids is 1. The number of benzene rings is 2. The summed E-state index contributed by atoms with van der Waals surface area (Å²) in [5.74, 6) is -1.60. The van der Waals surface area contributed by atoms with Crippen LogP contribution in [0.5, 0.6) is 0 Å². The molecular formula is C26H31N3O5. The van der Waals surface area contributed by atoms with Gasteiger partial charge in [-0.15, -0.1) is 0 Å². The van der Waals surface area contributed by atoms with Crippen molar-refractivity contribution < 1.29 is 24.2 Å². The van der Waals surface area contributed by atoms with Gasteiger partial charge in [-0.1, -0.05) is 54.6 Å². The van der Waals surface area contributed by atoms with Crippen molar-refractivity contribution >= 4 is 18.0 Å². The molecule has 0 aromatic heterocycles. The van der Waals surface area contributed by atoms with Gasteiger partial charge < -0.3 is 25.4 Å². The molecule has 0 aliphatic heterocycles. The SMILES string of the molecule is C/C(=C\CNC(=O)OCC1c2ccccc2-c2ccccc21)C(=O)NC(CCN(C)C)C(=O)O. The van der Waals surface area contributed by atoms with Crippen LogP contribution in [0.4, 0.5) is 4.79 Å². The van der Waals surface area contributed by atoms with Gasteiger partial charge in [0.05, 0.1) is 0 Å². The summed E-state index contributed by atoms with van der Waals surface area (Å²) in [5.41, 5.74) is 4.89. The summed E-state index contributed by atoms with van der Waals surface area (Å²) in [6.45, 7) is 2.39. The zero-order valence-electron chi connectivity index (χ0n) is 19.7. The minimum atomic E-state index is -1.08. The van der Waals surface area contributed by atoms with E-state index in [2.05, 4.69) is 34.9 Å². The number of hydrogen-bond acceptors (Lipinski definition) is 5. The number of fused-ring (bicyclic) bond motifs is 3. The maximum atomic E-state index is 12.3. The quantitative estimate of drug-likeness (QED) is 0.466. The summed E-state index contributed by atoms with van der Waals surface area (Å²) in [6, 6.07) is 15.2. The Hall–Kier alpha value is -3.65. The van der Waals surface area contributed by atoms with E-state index < -0.39 is 24.0 Å². The molecule has 3 N–H and O–H groups in total. The van der Waals surface area contributed by atoms with Crippen LogP contribution in [0, 0.1) is 0 Å². The minimum Gasteiger partial charge on any atom is -0.480 e. The van der Waals surface area contributed by atoms with E-state index in [9.17, 15) is 19.5 Å². The summed E-state index contributed by atoms with van der Waals surface area (Å²) < 4.78 is 5.47. The molecule has 0 radical (unpaired) electrons. The van der Waals surface area contributed by atoms with E-state index in [1.54, 1.807) is 6.92 Å². The Kier molecular flexibility index (Phi) is 8.43. The molecule has 0 bridgehead atoms. The first kappa shape index (κ1) is 25.0. The predicted molar refractivity (Wildman–Crippen MR) is 130 cm³/mol. The number of carbonyl (C=O) groups excluding carboxylic acids is 2. The third kappa shape index (κ3) is 6.23. The van der Waals surface area contributed by atoms with Crippen LogP contribution in [0.1, 0.15) is 30.4 Å². The second-order valence-electron chi connectivity index (χ2n) is 8.55. The van der Waals surface area contributed by atoms with Crippen LogP contribution in [-0.4, -0.2) is 67.8 Å². The average Bonchev–Trinajstić information content (AvgIpc) is 3.13. The summed E-state index contributed by atoms with van der Waals surface area (Å²) in [6.07, 6.45) is 1.24. The molecule has 2 aromatic carbocycles. The molecular weight excluding hydrogens is 434 g/mol. The van der Waals surface area contributed by atoms with Gasteiger partial charge in [-0.3, -0.25) is 4.79 Å². The third-order valence-electron chi connectivity index (χ3n) is 5.82. The normalized spacial score (nSPS) is 13.7. The Morgan fingerprint density at radius 3 is 2.21 bits per heavy atom. The van der Waals surface area contributed by atoms with E-state index in [0.717, 1.165) is 22.3 Å². The highest BCUT2D eigenvalue weighted by molar-refractivity contribution is 5.95. The van der Waals surface area contributed by atoms with Crippen molar-refractivity contribution in [1.29, 1.82) is 0 Å². The van der Waals surface area contributed by atoms with Crippen molar-refractivity contribution in [2.45, 2.75) is 25.3 Å². The average molecular weight is 466 g/mol. The highest BCUT2D eigenvalue weighted by Gasteiger charge is 2.29. The Morgan fingerprint density at radius 1 is 1.06 bits per heavy atom. The minimum absolute atomic E-state index is 0.0312.